The number of hydrogen-bond acceptors (Lipinski definition) is 5. The van der Waals surface area contributed by atoms with Crippen molar-refractivity contribution in [2.75, 3.05) is 5.73 Å². The first-order valence-corrected chi connectivity index (χ1v) is 7.24. The van der Waals surface area contributed by atoms with Crippen LogP contribution in [0.2, 0.25) is 0 Å². The van der Waals surface area contributed by atoms with Crippen LogP contribution in [0.25, 0.3) is 11.3 Å². The van der Waals surface area contributed by atoms with Gasteiger partial charge in [-0.3, -0.25) is 0 Å². The number of anilines is 1. The second kappa shape index (κ2) is 5.42. The molecule has 3 rings (SSSR count). The van der Waals surface area contributed by atoms with Gasteiger partial charge in [-0.2, -0.15) is 0 Å². The molecule has 0 atom stereocenters. The fraction of sp³-hybridized carbons (Fsp3) is 0.214. The Bertz CT molecular complexity index is 716. The van der Waals surface area contributed by atoms with Gasteiger partial charge in [0, 0.05) is 35.8 Å². The smallest absolute Gasteiger partial charge is 0.132 e. The zero-order chi connectivity index (χ0) is 13.9. The quantitative estimate of drug-likeness (QED) is 0.799. The molecular formula is C14H15N5S. The lowest BCUT2D eigenvalue weighted by Gasteiger charge is -2.08. The molecule has 0 fully saturated rings. The van der Waals surface area contributed by atoms with E-state index in [1.54, 1.807) is 17.5 Å². The summed E-state index contributed by atoms with van der Waals surface area (Å²) >= 11 is 1.69. The highest BCUT2D eigenvalue weighted by Gasteiger charge is 2.09. The molecular weight excluding hydrogens is 270 g/mol. The summed E-state index contributed by atoms with van der Waals surface area (Å²) in [5, 5.41) is 3.21. The monoisotopic (exact) mass is 285 g/mol. The van der Waals surface area contributed by atoms with Crippen LogP contribution in [0.15, 0.2) is 36.2 Å². The van der Waals surface area contributed by atoms with Crippen LogP contribution < -0.4 is 5.73 Å². The van der Waals surface area contributed by atoms with Crippen LogP contribution in [0.1, 0.15) is 10.7 Å². The normalized spacial score (nSPS) is 10.8. The molecule has 0 aliphatic carbocycles. The van der Waals surface area contributed by atoms with Gasteiger partial charge in [-0.25, -0.2) is 15.0 Å². The Labute approximate surface area is 121 Å². The average Bonchev–Trinajstić information content (AvgIpc) is 3.06. The van der Waals surface area contributed by atoms with Crippen molar-refractivity contribution in [2.24, 2.45) is 0 Å². The van der Waals surface area contributed by atoms with E-state index in [0.29, 0.717) is 5.82 Å². The van der Waals surface area contributed by atoms with Crippen molar-refractivity contribution in [1.29, 1.82) is 0 Å². The van der Waals surface area contributed by atoms with Crippen molar-refractivity contribution < 1.29 is 0 Å². The molecule has 0 radical (unpaired) electrons. The second-order valence-electron chi connectivity index (χ2n) is 4.54. The minimum absolute atomic E-state index is 0.527. The number of aryl methyl sites for hydroxylation is 3. The molecule has 0 unspecified atom stereocenters. The predicted octanol–water partition coefficient (Wildman–Crippen LogP) is 2.53. The van der Waals surface area contributed by atoms with Crippen LogP contribution >= 0.6 is 11.3 Å². The Balaban J connectivity index is 1.82. The standard InChI is InChI=1S/C14H15N5S/c1-10-8-20-13(18-10)4-6-19-9-16-7-12(19)11-3-2-5-17-14(11)15/h2-3,5,7-9H,4,6H2,1H3,(H2,15,17). The van der Waals surface area contributed by atoms with E-state index >= 15 is 0 Å². The van der Waals surface area contributed by atoms with Crippen LogP contribution in [-0.4, -0.2) is 19.5 Å². The lowest BCUT2D eigenvalue weighted by molar-refractivity contribution is 0.698. The van der Waals surface area contributed by atoms with Crippen molar-refractivity contribution in [3.63, 3.8) is 0 Å². The van der Waals surface area contributed by atoms with Crippen LogP contribution in [-0.2, 0) is 13.0 Å². The van der Waals surface area contributed by atoms with Crippen molar-refractivity contribution in [2.45, 2.75) is 19.9 Å². The predicted molar refractivity (Wildman–Crippen MR) is 80.4 cm³/mol. The number of nitrogens with zero attached hydrogens (tertiary/aromatic N) is 4. The van der Waals surface area contributed by atoms with Crippen molar-refractivity contribution in [3.05, 3.63) is 46.9 Å². The third-order valence-electron chi connectivity index (χ3n) is 3.06. The van der Waals surface area contributed by atoms with E-state index in [9.17, 15) is 0 Å². The summed E-state index contributed by atoms with van der Waals surface area (Å²) in [5.41, 5.74) is 8.91. The minimum Gasteiger partial charge on any atom is -0.383 e. The van der Waals surface area contributed by atoms with Gasteiger partial charge in [-0.05, 0) is 19.1 Å². The minimum atomic E-state index is 0.527. The SMILES string of the molecule is Cc1csc(CCn2cncc2-c2cccnc2N)n1. The molecule has 0 saturated heterocycles. The number of nitrogen functional groups attached to an aromatic ring is 1. The molecule has 0 bridgehead atoms. The highest BCUT2D eigenvalue weighted by atomic mass is 32.1. The topological polar surface area (TPSA) is 69.6 Å². The molecule has 0 spiro atoms. The van der Waals surface area contributed by atoms with Crippen LogP contribution in [0.5, 0.6) is 0 Å². The summed E-state index contributed by atoms with van der Waals surface area (Å²) in [6, 6.07) is 3.84. The lowest BCUT2D eigenvalue weighted by atomic mass is 10.2. The van der Waals surface area contributed by atoms with E-state index < -0.39 is 0 Å². The number of imidazole rings is 1. The van der Waals surface area contributed by atoms with E-state index in [0.717, 1.165) is 34.9 Å². The first kappa shape index (κ1) is 12.8. The van der Waals surface area contributed by atoms with Gasteiger partial charge < -0.3 is 10.3 Å². The summed E-state index contributed by atoms with van der Waals surface area (Å²) in [6.45, 7) is 2.84. The molecule has 3 aromatic heterocycles. The summed E-state index contributed by atoms with van der Waals surface area (Å²) in [6.07, 6.45) is 6.22. The van der Waals surface area contributed by atoms with Crippen molar-refractivity contribution in [1.82, 2.24) is 19.5 Å². The largest absolute Gasteiger partial charge is 0.383 e. The molecule has 102 valence electrons. The fourth-order valence-electron chi connectivity index (χ4n) is 2.09. The lowest BCUT2D eigenvalue weighted by Crippen LogP contribution is -2.03. The third-order valence-corrected chi connectivity index (χ3v) is 4.09. The molecule has 0 aliphatic rings. The van der Waals surface area contributed by atoms with Gasteiger partial charge in [-0.15, -0.1) is 11.3 Å². The summed E-state index contributed by atoms with van der Waals surface area (Å²) in [7, 11) is 0. The van der Waals surface area contributed by atoms with Gasteiger partial charge in [0.05, 0.1) is 23.2 Å². The molecule has 0 saturated carbocycles. The van der Waals surface area contributed by atoms with Gasteiger partial charge in [0.2, 0.25) is 0 Å². The summed E-state index contributed by atoms with van der Waals surface area (Å²) in [5.74, 6) is 0.527. The molecule has 5 nitrogen and oxygen atoms in total. The molecule has 20 heavy (non-hydrogen) atoms. The maximum atomic E-state index is 5.93. The van der Waals surface area contributed by atoms with E-state index in [1.807, 2.05) is 31.6 Å². The Morgan fingerprint density at radius 3 is 3.05 bits per heavy atom. The maximum Gasteiger partial charge on any atom is 0.132 e. The maximum absolute atomic E-state index is 5.93. The van der Waals surface area contributed by atoms with Crippen LogP contribution in [0, 0.1) is 6.92 Å². The second-order valence-corrected chi connectivity index (χ2v) is 5.48. The van der Waals surface area contributed by atoms with E-state index in [-0.39, 0.29) is 0 Å². The summed E-state index contributed by atoms with van der Waals surface area (Å²) in [4.78, 5) is 12.8. The van der Waals surface area contributed by atoms with Gasteiger partial charge in [-0.1, -0.05) is 0 Å². The van der Waals surface area contributed by atoms with Crippen LogP contribution in [0.3, 0.4) is 0 Å². The van der Waals surface area contributed by atoms with Crippen LogP contribution in [0.4, 0.5) is 5.82 Å². The first-order chi connectivity index (χ1) is 9.74. The Morgan fingerprint density at radius 2 is 2.30 bits per heavy atom. The van der Waals surface area contributed by atoms with Crippen molar-refractivity contribution >= 4 is 17.2 Å². The third kappa shape index (κ3) is 2.55. The van der Waals surface area contributed by atoms with E-state index in [2.05, 4.69) is 24.9 Å². The molecule has 0 aromatic carbocycles. The molecule has 3 aromatic rings. The zero-order valence-corrected chi connectivity index (χ0v) is 12.0. The number of rotatable bonds is 4. The number of pyridine rings is 1. The Morgan fingerprint density at radius 1 is 1.40 bits per heavy atom. The van der Waals surface area contributed by atoms with Gasteiger partial charge in [0.1, 0.15) is 5.82 Å². The highest BCUT2D eigenvalue weighted by molar-refractivity contribution is 7.09. The number of thiazole rings is 1. The number of aromatic nitrogens is 4. The summed E-state index contributed by atoms with van der Waals surface area (Å²) < 4.78 is 2.09. The molecule has 2 N–H and O–H groups in total. The molecule has 0 amide bonds. The zero-order valence-electron chi connectivity index (χ0n) is 11.2. The molecule has 6 heteroatoms. The number of hydrogen-bond donors (Lipinski definition) is 1. The highest BCUT2D eigenvalue weighted by Crippen LogP contribution is 2.23. The number of nitrogens with two attached hydrogens (primary N) is 1. The van der Waals surface area contributed by atoms with E-state index in [4.69, 9.17) is 5.73 Å². The molecule has 0 aliphatic heterocycles. The van der Waals surface area contributed by atoms with Crippen molar-refractivity contribution in [3.8, 4) is 11.3 Å². The van der Waals surface area contributed by atoms with Gasteiger partial charge in [0.15, 0.2) is 0 Å². The first-order valence-electron chi connectivity index (χ1n) is 6.36. The van der Waals surface area contributed by atoms with E-state index in [1.165, 1.54) is 0 Å². The van der Waals surface area contributed by atoms with Gasteiger partial charge >= 0.3 is 0 Å². The fourth-order valence-corrected chi connectivity index (χ4v) is 2.86. The molecule has 3 heterocycles. The Kier molecular flexibility index (Phi) is 3.47. The van der Waals surface area contributed by atoms with Gasteiger partial charge in [0.25, 0.3) is 0 Å². The Hall–Kier alpha value is -2.21. The average molecular weight is 285 g/mol.